The molecule has 2 aromatic heterocycles. The van der Waals surface area contributed by atoms with E-state index in [4.69, 9.17) is 30.5 Å². The number of aromatic nitrogens is 3. The lowest BCUT2D eigenvalue weighted by atomic mass is 10.1. The molecule has 4 aromatic rings. The van der Waals surface area contributed by atoms with E-state index in [1.165, 1.54) is 12.4 Å². The van der Waals surface area contributed by atoms with Crippen molar-refractivity contribution < 1.29 is 41.7 Å². The van der Waals surface area contributed by atoms with Gasteiger partial charge < -0.3 is 39.4 Å². The highest BCUT2D eigenvalue weighted by molar-refractivity contribution is 6.31. The van der Waals surface area contributed by atoms with Crippen molar-refractivity contribution in [1.82, 2.24) is 24.8 Å². The lowest BCUT2D eigenvalue weighted by Crippen LogP contribution is -2.22. The molecule has 2 heterocycles. The third-order valence-corrected chi connectivity index (χ3v) is 7.17. The summed E-state index contributed by atoms with van der Waals surface area (Å²) in [6, 6.07) is 11.9. The van der Waals surface area contributed by atoms with Crippen molar-refractivity contribution in [2.75, 3.05) is 78.3 Å². The maximum Gasteiger partial charge on any atom is 0.417 e. The van der Waals surface area contributed by atoms with Crippen LogP contribution in [0.2, 0.25) is 5.02 Å². The van der Waals surface area contributed by atoms with E-state index in [2.05, 4.69) is 25.6 Å². The fraction of sp³-hybridized carbons (Fsp3) is 0.361. The number of pyridine rings is 1. The number of amides is 2. The van der Waals surface area contributed by atoms with Crippen LogP contribution in [0.15, 0.2) is 67.3 Å². The number of nitrogens with zero attached hydrogens (tertiary/aromatic N) is 5. The van der Waals surface area contributed by atoms with Crippen LogP contribution in [0.1, 0.15) is 40.1 Å². The zero-order valence-electron chi connectivity index (χ0n) is 30.3. The summed E-state index contributed by atoms with van der Waals surface area (Å²) in [7, 11) is 7.64. The summed E-state index contributed by atoms with van der Waals surface area (Å²) in [6.45, 7) is 6.29. The van der Waals surface area contributed by atoms with Gasteiger partial charge in [0.2, 0.25) is 11.8 Å². The van der Waals surface area contributed by atoms with Crippen molar-refractivity contribution >= 4 is 34.8 Å². The summed E-state index contributed by atoms with van der Waals surface area (Å²) < 4.78 is 61.5. The van der Waals surface area contributed by atoms with E-state index in [-0.39, 0.29) is 42.1 Å². The molecule has 0 aliphatic carbocycles. The van der Waals surface area contributed by atoms with Crippen molar-refractivity contribution in [3.8, 4) is 23.3 Å². The summed E-state index contributed by atoms with van der Waals surface area (Å²) in [5.41, 5.74) is -0.210. The Morgan fingerprint density at radius 2 is 1.28 bits per heavy atom. The van der Waals surface area contributed by atoms with Crippen molar-refractivity contribution in [2.24, 2.45) is 0 Å². The smallest absolute Gasteiger partial charge is 0.417 e. The van der Waals surface area contributed by atoms with Gasteiger partial charge >= 0.3 is 6.18 Å². The lowest BCUT2D eigenvalue weighted by molar-refractivity contribution is -0.137. The number of anilines is 2. The first-order valence-corrected chi connectivity index (χ1v) is 16.8. The molecule has 0 atom stereocenters. The molecule has 0 radical (unpaired) electrons. The van der Waals surface area contributed by atoms with E-state index in [1.54, 1.807) is 43.6 Å². The number of carbonyl (C=O) groups excluding carboxylic acids is 2. The molecule has 4 rings (SSSR count). The standard InChI is InChI=1S/C18H20ClF3N4O3.C18H23N3O3/c1-4-28-16-14(17(24-10-23-16)29-8-7-26(2)3)15(27)25-11-5-6-13(19)12(9-11)18(20,21)22;1-4-23-15-6-5-7-16(24-13-12-21(2)3)17(15)18(22)20-14-8-10-19-11-9-14/h5-6,9-10H,4,7-8H2,1-3H3,(H,25,27);5-11H,4,12-13H2,1-3H3,(H,19,20,22). The van der Waals surface area contributed by atoms with Gasteiger partial charge in [0.15, 0.2) is 5.56 Å². The van der Waals surface area contributed by atoms with Crippen LogP contribution in [0.25, 0.3) is 0 Å². The molecule has 13 nitrogen and oxygen atoms in total. The SMILES string of the molecule is CCOc1cccc(OCCN(C)C)c1C(=O)Nc1ccncc1.CCOc1ncnc(OCCN(C)C)c1C(=O)Nc1ccc(Cl)c(C(F)(F)F)c1. The number of hydrogen-bond donors (Lipinski definition) is 2. The Morgan fingerprint density at radius 1 is 0.736 bits per heavy atom. The Hall–Kier alpha value is -5.19. The molecular formula is C36H43ClF3N7O6. The number of rotatable bonds is 16. The van der Waals surface area contributed by atoms with Gasteiger partial charge in [0.05, 0.1) is 23.8 Å². The van der Waals surface area contributed by atoms with Gasteiger partial charge in [-0.1, -0.05) is 17.7 Å². The largest absolute Gasteiger partial charge is 0.493 e. The third kappa shape index (κ3) is 13.4. The van der Waals surface area contributed by atoms with Crippen molar-refractivity contribution in [1.29, 1.82) is 0 Å². The lowest BCUT2D eigenvalue weighted by Gasteiger charge is -2.16. The molecule has 0 fully saturated rings. The molecule has 53 heavy (non-hydrogen) atoms. The first-order chi connectivity index (χ1) is 25.2. The summed E-state index contributed by atoms with van der Waals surface area (Å²) in [4.78, 5) is 41.2. The van der Waals surface area contributed by atoms with Gasteiger partial charge in [-0.15, -0.1) is 0 Å². The minimum Gasteiger partial charge on any atom is -0.493 e. The molecule has 0 aliphatic heterocycles. The second-order valence-corrected chi connectivity index (χ2v) is 11.9. The fourth-order valence-electron chi connectivity index (χ4n) is 4.34. The molecule has 0 bridgehead atoms. The van der Waals surface area contributed by atoms with E-state index < -0.39 is 22.7 Å². The van der Waals surface area contributed by atoms with Crippen LogP contribution >= 0.6 is 11.6 Å². The van der Waals surface area contributed by atoms with Crippen LogP contribution in [0, 0.1) is 0 Å². The highest BCUT2D eigenvalue weighted by Gasteiger charge is 2.34. The van der Waals surface area contributed by atoms with Gasteiger partial charge in [-0.3, -0.25) is 14.6 Å². The van der Waals surface area contributed by atoms with Crippen LogP contribution in [0.3, 0.4) is 0 Å². The van der Waals surface area contributed by atoms with E-state index >= 15 is 0 Å². The van der Waals surface area contributed by atoms with E-state index in [0.29, 0.717) is 42.5 Å². The van der Waals surface area contributed by atoms with Gasteiger partial charge in [-0.25, -0.2) is 9.97 Å². The Labute approximate surface area is 311 Å². The second kappa shape index (κ2) is 20.7. The summed E-state index contributed by atoms with van der Waals surface area (Å²) >= 11 is 5.61. The normalized spacial score (nSPS) is 11.0. The van der Waals surface area contributed by atoms with Gasteiger partial charge in [-0.05, 0) is 84.5 Å². The zero-order valence-corrected chi connectivity index (χ0v) is 31.0. The summed E-state index contributed by atoms with van der Waals surface area (Å²) in [6.07, 6.45) is -0.238. The van der Waals surface area contributed by atoms with Crippen LogP contribution in [-0.4, -0.2) is 104 Å². The Kier molecular flexibility index (Phi) is 16.5. The van der Waals surface area contributed by atoms with E-state index in [1.807, 2.05) is 51.0 Å². The van der Waals surface area contributed by atoms with Crippen LogP contribution in [-0.2, 0) is 6.18 Å². The number of likely N-dealkylation sites (N-methyl/N-ethyl adjacent to an activating group) is 2. The molecule has 0 aliphatic rings. The van der Waals surface area contributed by atoms with Crippen molar-refractivity contribution in [3.63, 3.8) is 0 Å². The molecular weight excluding hydrogens is 719 g/mol. The van der Waals surface area contributed by atoms with Gasteiger partial charge in [-0.2, -0.15) is 13.2 Å². The molecule has 0 unspecified atom stereocenters. The van der Waals surface area contributed by atoms with Crippen LogP contribution < -0.4 is 29.6 Å². The Bertz CT molecular complexity index is 1780. The highest BCUT2D eigenvalue weighted by Crippen LogP contribution is 2.36. The minimum atomic E-state index is -4.66. The third-order valence-electron chi connectivity index (χ3n) is 6.84. The van der Waals surface area contributed by atoms with Gasteiger partial charge in [0, 0.05) is 36.9 Å². The molecule has 2 aromatic carbocycles. The number of benzene rings is 2. The Morgan fingerprint density at radius 3 is 1.87 bits per heavy atom. The number of ether oxygens (including phenoxy) is 4. The molecule has 0 spiro atoms. The van der Waals surface area contributed by atoms with E-state index in [0.717, 1.165) is 18.7 Å². The number of hydrogen-bond acceptors (Lipinski definition) is 11. The first-order valence-electron chi connectivity index (χ1n) is 16.4. The predicted molar refractivity (Wildman–Crippen MR) is 196 cm³/mol. The molecule has 0 saturated carbocycles. The zero-order chi connectivity index (χ0) is 39.0. The van der Waals surface area contributed by atoms with Crippen LogP contribution in [0.4, 0.5) is 24.5 Å². The molecule has 2 amide bonds. The number of carbonyl (C=O) groups is 2. The molecule has 286 valence electrons. The number of nitrogens with one attached hydrogen (secondary N) is 2. The predicted octanol–water partition coefficient (Wildman–Crippen LogP) is 6.41. The monoisotopic (exact) mass is 761 g/mol. The minimum absolute atomic E-state index is 0.0344. The number of alkyl halides is 3. The molecule has 17 heteroatoms. The van der Waals surface area contributed by atoms with E-state index in [9.17, 15) is 22.8 Å². The summed E-state index contributed by atoms with van der Waals surface area (Å²) in [5, 5.41) is 4.76. The van der Waals surface area contributed by atoms with Crippen molar-refractivity contribution in [2.45, 2.75) is 20.0 Å². The highest BCUT2D eigenvalue weighted by atomic mass is 35.5. The molecule has 0 saturated heterocycles. The number of halogens is 4. The average Bonchev–Trinajstić information content (AvgIpc) is 3.09. The summed E-state index contributed by atoms with van der Waals surface area (Å²) in [5.74, 6) is -0.104. The molecule has 2 N–H and O–H groups in total. The quantitative estimate of drug-likeness (QED) is 0.131. The topological polar surface area (TPSA) is 140 Å². The maximum absolute atomic E-state index is 13.1. The second-order valence-electron chi connectivity index (χ2n) is 11.5. The Balaban J connectivity index is 0.000000290. The van der Waals surface area contributed by atoms with Gasteiger partial charge in [0.25, 0.3) is 11.8 Å². The van der Waals surface area contributed by atoms with Crippen LogP contribution in [0.5, 0.6) is 23.3 Å². The maximum atomic E-state index is 13.1. The van der Waals surface area contributed by atoms with Crippen molar-refractivity contribution in [3.05, 3.63) is 89.0 Å². The first kappa shape index (κ1) is 42.2. The average molecular weight is 762 g/mol. The van der Waals surface area contributed by atoms with Gasteiger partial charge in [0.1, 0.15) is 36.6 Å². The fourth-order valence-corrected chi connectivity index (χ4v) is 4.57.